The predicted octanol–water partition coefficient (Wildman–Crippen LogP) is 2.53. The van der Waals surface area contributed by atoms with Crippen LogP contribution < -0.4 is 14.9 Å². The first-order chi connectivity index (χ1) is 15.8. The van der Waals surface area contributed by atoms with E-state index in [0.29, 0.717) is 24.5 Å². The summed E-state index contributed by atoms with van der Waals surface area (Å²) in [5.41, 5.74) is 4.30. The van der Waals surface area contributed by atoms with E-state index in [9.17, 15) is 13.2 Å². The van der Waals surface area contributed by atoms with Crippen molar-refractivity contribution < 1.29 is 13.2 Å². The summed E-state index contributed by atoms with van der Waals surface area (Å²) in [7, 11) is -3.72. The summed E-state index contributed by atoms with van der Waals surface area (Å²) in [6, 6.07) is 12.7. The molecule has 0 aliphatic carbocycles. The number of amidine groups is 1. The minimum atomic E-state index is -3.72. The van der Waals surface area contributed by atoms with Crippen LogP contribution in [0.15, 0.2) is 52.4 Å². The van der Waals surface area contributed by atoms with Gasteiger partial charge in [-0.3, -0.25) is 19.4 Å². The van der Waals surface area contributed by atoms with Crippen LogP contribution in [-0.2, 0) is 14.8 Å². The first kappa shape index (κ1) is 23.3. The van der Waals surface area contributed by atoms with Crippen molar-refractivity contribution in [3.8, 4) is 0 Å². The van der Waals surface area contributed by atoms with Gasteiger partial charge in [0.15, 0.2) is 0 Å². The number of anilines is 2. The molecule has 33 heavy (non-hydrogen) atoms. The summed E-state index contributed by atoms with van der Waals surface area (Å²) in [6.45, 7) is 8.50. The third-order valence-electron chi connectivity index (χ3n) is 6.21. The highest BCUT2D eigenvalue weighted by atomic mass is 32.2. The number of amides is 1. The van der Waals surface area contributed by atoms with Crippen molar-refractivity contribution in [2.75, 3.05) is 49.5 Å². The molecule has 8 nitrogen and oxygen atoms in total. The molecule has 176 valence electrons. The number of hydrogen-bond donors (Lipinski definition) is 2. The second-order valence-corrected chi connectivity index (χ2v) is 10.3. The number of hydrogen-bond acceptors (Lipinski definition) is 6. The Morgan fingerprint density at radius 1 is 1.06 bits per heavy atom. The molecule has 1 fully saturated rings. The van der Waals surface area contributed by atoms with Crippen LogP contribution in [0.3, 0.4) is 0 Å². The molecule has 0 bridgehead atoms. The highest BCUT2D eigenvalue weighted by Crippen LogP contribution is 2.24. The standard InChI is InChI=1S/C24H31N5O3S/c1-18-6-3-9-22(19(18)2)29-14-12-28(13-15-29)17-24(30)26-20-7-4-8-21(16-20)33(31,32)27-23-10-5-11-25-23/h3-4,6-9,16H,5,10-15,17H2,1-2H3,(H,25,27)(H,26,30). The van der Waals surface area contributed by atoms with Gasteiger partial charge in [-0.25, -0.2) is 8.42 Å². The van der Waals surface area contributed by atoms with Gasteiger partial charge in [-0.05, 0) is 55.7 Å². The first-order valence-electron chi connectivity index (χ1n) is 11.3. The number of rotatable bonds is 6. The summed E-state index contributed by atoms with van der Waals surface area (Å²) in [5.74, 6) is 0.335. The maximum absolute atomic E-state index is 12.6. The lowest BCUT2D eigenvalue weighted by Gasteiger charge is -2.36. The third kappa shape index (κ3) is 5.72. The van der Waals surface area contributed by atoms with Crippen molar-refractivity contribution in [1.29, 1.82) is 0 Å². The zero-order valence-corrected chi connectivity index (χ0v) is 20.0. The Morgan fingerprint density at radius 3 is 2.55 bits per heavy atom. The molecule has 0 saturated carbocycles. The Morgan fingerprint density at radius 2 is 1.82 bits per heavy atom. The van der Waals surface area contributed by atoms with E-state index >= 15 is 0 Å². The summed E-state index contributed by atoms with van der Waals surface area (Å²) in [4.78, 5) is 21.4. The third-order valence-corrected chi connectivity index (χ3v) is 7.59. The molecule has 0 spiro atoms. The fourth-order valence-electron chi connectivity index (χ4n) is 4.21. The van der Waals surface area contributed by atoms with Crippen molar-refractivity contribution in [2.45, 2.75) is 31.6 Å². The van der Waals surface area contributed by atoms with Gasteiger partial charge in [-0.1, -0.05) is 18.2 Å². The van der Waals surface area contributed by atoms with Crippen molar-refractivity contribution >= 4 is 33.1 Å². The average molecular weight is 470 g/mol. The maximum atomic E-state index is 12.6. The van der Waals surface area contributed by atoms with E-state index < -0.39 is 10.0 Å². The van der Waals surface area contributed by atoms with E-state index in [1.54, 1.807) is 12.1 Å². The number of piperazine rings is 1. The quantitative estimate of drug-likeness (QED) is 0.678. The molecule has 0 atom stereocenters. The molecule has 9 heteroatoms. The van der Waals surface area contributed by atoms with Gasteiger partial charge < -0.3 is 10.2 Å². The highest BCUT2D eigenvalue weighted by Gasteiger charge is 2.22. The molecule has 1 saturated heterocycles. The van der Waals surface area contributed by atoms with Crippen LogP contribution in [0.4, 0.5) is 11.4 Å². The highest BCUT2D eigenvalue weighted by molar-refractivity contribution is 7.90. The van der Waals surface area contributed by atoms with Crippen LogP contribution in [0.1, 0.15) is 24.0 Å². The first-order valence-corrected chi connectivity index (χ1v) is 12.8. The Labute approximate surface area is 195 Å². The topological polar surface area (TPSA) is 94.1 Å². The number of aryl methyl sites for hydroxylation is 1. The summed E-state index contributed by atoms with van der Waals surface area (Å²) < 4.78 is 27.8. The number of benzene rings is 2. The molecule has 0 unspecified atom stereocenters. The number of carbonyl (C=O) groups excluding carboxylic acids is 1. The number of sulfonamides is 1. The van der Waals surface area contributed by atoms with Gasteiger partial charge in [0, 0.05) is 50.5 Å². The largest absolute Gasteiger partial charge is 0.369 e. The van der Waals surface area contributed by atoms with Gasteiger partial charge in [0.05, 0.1) is 11.4 Å². The average Bonchev–Trinajstić information content (AvgIpc) is 3.29. The van der Waals surface area contributed by atoms with Crippen molar-refractivity contribution in [3.05, 3.63) is 53.6 Å². The zero-order chi connectivity index (χ0) is 23.4. The van der Waals surface area contributed by atoms with Crippen LogP contribution in [0.25, 0.3) is 0 Å². The van der Waals surface area contributed by atoms with Crippen LogP contribution in [0.2, 0.25) is 0 Å². The smallest absolute Gasteiger partial charge is 0.262 e. The van der Waals surface area contributed by atoms with Crippen molar-refractivity contribution in [1.82, 2.24) is 9.62 Å². The number of aliphatic imine (C=N–C) groups is 1. The Hall–Kier alpha value is -2.91. The van der Waals surface area contributed by atoms with Crippen LogP contribution in [0, 0.1) is 13.8 Å². The molecule has 2 aliphatic heterocycles. The van der Waals surface area contributed by atoms with Crippen LogP contribution in [-0.4, -0.2) is 64.3 Å². The Bertz CT molecular complexity index is 1150. The number of nitrogens with zero attached hydrogens (tertiary/aromatic N) is 3. The van der Waals surface area contributed by atoms with E-state index in [-0.39, 0.29) is 17.3 Å². The van der Waals surface area contributed by atoms with Gasteiger partial charge in [0.25, 0.3) is 10.0 Å². The van der Waals surface area contributed by atoms with E-state index in [1.807, 2.05) is 0 Å². The van der Waals surface area contributed by atoms with E-state index in [0.717, 1.165) is 32.6 Å². The minimum absolute atomic E-state index is 0.108. The maximum Gasteiger partial charge on any atom is 0.262 e. The fourth-order valence-corrected chi connectivity index (χ4v) is 5.34. The van der Waals surface area contributed by atoms with Gasteiger partial charge in [-0.2, -0.15) is 0 Å². The molecule has 4 rings (SSSR count). The molecule has 2 aromatic carbocycles. The Balaban J connectivity index is 1.31. The van der Waals surface area contributed by atoms with E-state index in [2.05, 4.69) is 56.9 Å². The molecular formula is C24H31N5O3S. The summed E-state index contributed by atoms with van der Waals surface area (Å²) in [6.07, 6.45) is 1.49. The molecule has 2 aliphatic rings. The number of carbonyl (C=O) groups is 1. The molecule has 0 radical (unpaired) electrons. The molecule has 2 aromatic rings. The molecule has 2 heterocycles. The fraction of sp³-hybridized carbons (Fsp3) is 0.417. The van der Waals surface area contributed by atoms with E-state index in [1.165, 1.54) is 28.9 Å². The van der Waals surface area contributed by atoms with Gasteiger partial charge in [0.2, 0.25) is 5.91 Å². The Kier molecular flexibility index (Phi) is 6.99. The normalized spacial score (nSPS) is 17.0. The van der Waals surface area contributed by atoms with Gasteiger partial charge in [-0.15, -0.1) is 0 Å². The van der Waals surface area contributed by atoms with Gasteiger partial charge in [0.1, 0.15) is 5.84 Å². The lowest BCUT2D eigenvalue weighted by Crippen LogP contribution is -2.48. The zero-order valence-electron chi connectivity index (χ0n) is 19.2. The van der Waals surface area contributed by atoms with Gasteiger partial charge >= 0.3 is 0 Å². The molecule has 0 aromatic heterocycles. The number of nitrogens with one attached hydrogen (secondary N) is 2. The van der Waals surface area contributed by atoms with Crippen LogP contribution >= 0.6 is 0 Å². The van der Waals surface area contributed by atoms with E-state index in [4.69, 9.17) is 0 Å². The van der Waals surface area contributed by atoms with Crippen molar-refractivity contribution in [3.63, 3.8) is 0 Å². The lowest BCUT2D eigenvalue weighted by atomic mass is 10.1. The summed E-state index contributed by atoms with van der Waals surface area (Å²) >= 11 is 0. The summed E-state index contributed by atoms with van der Waals surface area (Å²) in [5, 5.41) is 2.84. The second-order valence-electron chi connectivity index (χ2n) is 8.60. The minimum Gasteiger partial charge on any atom is -0.369 e. The van der Waals surface area contributed by atoms with Crippen LogP contribution in [0.5, 0.6) is 0 Å². The van der Waals surface area contributed by atoms with Crippen molar-refractivity contribution in [2.24, 2.45) is 4.99 Å². The monoisotopic (exact) mass is 469 g/mol. The lowest BCUT2D eigenvalue weighted by molar-refractivity contribution is -0.117. The SMILES string of the molecule is Cc1cccc(N2CCN(CC(=O)Nc3cccc(S(=O)(=O)NC4=NCCC4)c3)CC2)c1C. The molecule has 1 amide bonds. The molecular weight excluding hydrogens is 438 g/mol. The molecule has 2 N–H and O–H groups in total. The predicted molar refractivity (Wildman–Crippen MR) is 131 cm³/mol. The second kappa shape index (κ2) is 9.93.